The van der Waals surface area contributed by atoms with Gasteiger partial charge in [-0.05, 0) is 23.8 Å². The van der Waals surface area contributed by atoms with Gasteiger partial charge in [0.1, 0.15) is 4.99 Å². The van der Waals surface area contributed by atoms with Crippen LogP contribution in [0.4, 0.5) is 11.4 Å². The molecule has 0 amide bonds. The normalized spacial score (nSPS) is 12.5. The van der Waals surface area contributed by atoms with Gasteiger partial charge in [-0.2, -0.15) is 10.2 Å². The monoisotopic (exact) mass is 306 g/mol. The number of nitrogens with zero attached hydrogens (tertiary/aromatic N) is 3. The number of benzene rings is 2. The Morgan fingerprint density at radius 3 is 2.86 bits per heavy atom. The van der Waals surface area contributed by atoms with Gasteiger partial charge in [-0.15, -0.1) is 0 Å². The largest absolute Gasteiger partial charge is 0.370 e. The molecule has 0 fully saturated rings. The highest BCUT2D eigenvalue weighted by Gasteiger charge is 2.20. The van der Waals surface area contributed by atoms with Crippen LogP contribution in [0.25, 0.3) is 10.8 Å². The molecule has 2 aromatic carbocycles. The zero-order valence-corrected chi connectivity index (χ0v) is 12.9. The van der Waals surface area contributed by atoms with Crippen LogP contribution in [0.15, 0.2) is 48.8 Å². The summed E-state index contributed by atoms with van der Waals surface area (Å²) in [5, 5.41) is 13.5. The Labute approximate surface area is 133 Å². The van der Waals surface area contributed by atoms with Crippen molar-refractivity contribution in [1.29, 1.82) is 0 Å². The quantitative estimate of drug-likeness (QED) is 0.751. The van der Waals surface area contributed by atoms with Crippen LogP contribution in [-0.4, -0.2) is 22.2 Å². The van der Waals surface area contributed by atoms with Crippen molar-refractivity contribution in [3.8, 4) is 0 Å². The number of hydrogen-bond donors (Lipinski definition) is 1. The van der Waals surface area contributed by atoms with Crippen LogP contribution >= 0.6 is 12.2 Å². The second-order valence-electron chi connectivity index (χ2n) is 5.42. The van der Waals surface area contributed by atoms with Gasteiger partial charge in [0.05, 0.1) is 6.20 Å². The molecule has 0 unspecified atom stereocenters. The molecule has 22 heavy (non-hydrogen) atoms. The Kier molecular flexibility index (Phi) is 3.01. The first-order chi connectivity index (χ1) is 10.7. The Hall–Kier alpha value is -2.53. The molecule has 2 heterocycles. The van der Waals surface area contributed by atoms with Crippen LogP contribution in [0.3, 0.4) is 0 Å². The highest BCUT2D eigenvalue weighted by atomic mass is 32.1. The first kappa shape index (κ1) is 13.2. The Morgan fingerprint density at radius 2 is 2.05 bits per heavy atom. The van der Waals surface area contributed by atoms with Crippen molar-refractivity contribution < 1.29 is 0 Å². The van der Waals surface area contributed by atoms with Crippen molar-refractivity contribution >= 4 is 39.4 Å². The van der Waals surface area contributed by atoms with Gasteiger partial charge >= 0.3 is 0 Å². The van der Waals surface area contributed by atoms with Gasteiger partial charge in [-0.1, -0.05) is 30.4 Å². The molecule has 108 valence electrons. The van der Waals surface area contributed by atoms with E-state index in [1.54, 1.807) is 12.4 Å². The molecular formula is C17H14N4S. The average Bonchev–Trinajstić information content (AvgIpc) is 2.87. The Morgan fingerprint density at radius 1 is 1.14 bits per heavy atom. The molecule has 0 aliphatic carbocycles. The lowest BCUT2D eigenvalue weighted by molar-refractivity contribution is 0.898. The molecular weight excluding hydrogens is 292 g/mol. The molecule has 1 aromatic heterocycles. The molecule has 5 heteroatoms. The van der Waals surface area contributed by atoms with E-state index >= 15 is 0 Å². The third kappa shape index (κ3) is 2.02. The first-order valence-electron chi connectivity index (χ1n) is 7.08. The third-order valence-electron chi connectivity index (χ3n) is 3.99. The van der Waals surface area contributed by atoms with E-state index in [9.17, 15) is 0 Å². The zero-order chi connectivity index (χ0) is 15.1. The summed E-state index contributed by atoms with van der Waals surface area (Å²) >= 11 is 5.41. The Bertz CT molecular complexity index is 876. The van der Waals surface area contributed by atoms with E-state index < -0.39 is 0 Å². The summed E-state index contributed by atoms with van der Waals surface area (Å²) in [6.45, 7) is 0.784. The SMILES string of the molecule is CN(Cc1ccnnc1)c1ccc2c3c(cccc13)C(=S)N2. The van der Waals surface area contributed by atoms with E-state index in [2.05, 4.69) is 57.8 Å². The number of rotatable bonds is 3. The van der Waals surface area contributed by atoms with E-state index in [1.165, 1.54) is 16.5 Å². The van der Waals surface area contributed by atoms with E-state index in [0.717, 1.165) is 28.3 Å². The summed E-state index contributed by atoms with van der Waals surface area (Å²) < 4.78 is 0. The van der Waals surface area contributed by atoms with Gasteiger partial charge in [0.25, 0.3) is 0 Å². The number of nitrogens with one attached hydrogen (secondary N) is 1. The van der Waals surface area contributed by atoms with Crippen molar-refractivity contribution in [2.45, 2.75) is 6.54 Å². The summed E-state index contributed by atoms with van der Waals surface area (Å²) in [6, 6.07) is 12.5. The van der Waals surface area contributed by atoms with E-state index in [0.29, 0.717) is 0 Å². The number of thiocarbonyl (C=S) groups is 1. The topological polar surface area (TPSA) is 41.1 Å². The van der Waals surface area contributed by atoms with Gasteiger partial charge < -0.3 is 10.2 Å². The lowest BCUT2D eigenvalue weighted by atomic mass is 10.0. The van der Waals surface area contributed by atoms with Crippen molar-refractivity contribution in [2.75, 3.05) is 17.3 Å². The molecule has 1 aliphatic rings. The van der Waals surface area contributed by atoms with E-state index in [4.69, 9.17) is 12.2 Å². The lowest BCUT2D eigenvalue weighted by Crippen LogP contribution is -2.16. The van der Waals surface area contributed by atoms with Crippen LogP contribution in [-0.2, 0) is 6.54 Å². The van der Waals surface area contributed by atoms with Crippen LogP contribution in [0.5, 0.6) is 0 Å². The van der Waals surface area contributed by atoms with Crippen LogP contribution in [0.1, 0.15) is 11.1 Å². The molecule has 0 atom stereocenters. The number of hydrogen-bond acceptors (Lipinski definition) is 4. The smallest absolute Gasteiger partial charge is 0.111 e. The second kappa shape index (κ2) is 5.03. The summed E-state index contributed by atoms with van der Waals surface area (Å²) in [4.78, 5) is 3.03. The second-order valence-corrected chi connectivity index (χ2v) is 5.83. The predicted molar refractivity (Wildman–Crippen MR) is 93.4 cm³/mol. The minimum Gasteiger partial charge on any atom is -0.370 e. The molecule has 4 rings (SSSR count). The van der Waals surface area contributed by atoms with Crippen LogP contribution in [0.2, 0.25) is 0 Å². The number of anilines is 2. The van der Waals surface area contributed by atoms with Gasteiger partial charge in [0.15, 0.2) is 0 Å². The minimum atomic E-state index is 0.784. The molecule has 3 aromatic rings. The fourth-order valence-corrected chi connectivity index (χ4v) is 3.26. The summed E-state index contributed by atoms with van der Waals surface area (Å²) in [5.74, 6) is 0. The maximum atomic E-state index is 5.41. The zero-order valence-electron chi connectivity index (χ0n) is 12.1. The summed E-state index contributed by atoms with van der Waals surface area (Å²) in [7, 11) is 2.09. The third-order valence-corrected chi connectivity index (χ3v) is 4.31. The molecule has 0 bridgehead atoms. The van der Waals surface area contributed by atoms with E-state index in [-0.39, 0.29) is 0 Å². The standard InChI is InChI=1S/C17H14N4S/c1-21(10-11-7-8-18-19-9-11)15-6-5-14-16-12(15)3-2-4-13(16)17(22)20-14/h2-9H,10H2,1H3,(H,20,22). The molecule has 4 nitrogen and oxygen atoms in total. The fraction of sp³-hybridized carbons (Fsp3) is 0.118. The van der Waals surface area contributed by atoms with Crippen LogP contribution in [0, 0.1) is 0 Å². The summed E-state index contributed by atoms with van der Waals surface area (Å²) in [5.41, 5.74) is 4.53. The van der Waals surface area contributed by atoms with Gasteiger partial charge in [-0.3, -0.25) is 0 Å². The molecule has 0 spiro atoms. The van der Waals surface area contributed by atoms with Crippen molar-refractivity contribution in [2.24, 2.45) is 0 Å². The average molecular weight is 306 g/mol. The molecule has 0 saturated heterocycles. The van der Waals surface area contributed by atoms with Gasteiger partial charge in [-0.25, -0.2) is 0 Å². The van der Waals surface area contributed by atoms with E-state index in [1.807, 2.05) is 6.07 Å². The van der Waals surface area contributed by atoms with Crippen molar-refractivity contribution in [3.05, 3.63) is 59.9 Å². The molecule has 1 aliphatic heterocycles. The predicted octanol–water partition coefficient (Wildman–Crippen LogP) is 3.37. The first-order valence-corrected chi connectivity index (χ1v) is 7.48. The summed E-state index contributed by atoms with van der Waals surface area (Å²) in [6.07, 6.45) is 3.52. The molecule has 0 saturated carbocycles. The van der Waals surface area contributed by atoms with Crippen molar-refractivity contribution in [3.63, 3.8) is 0 Å². The van der Waals surface area contributed by atoms with Gasteiger partial charge in [0, 0.05) is 47.5 Å². The highest BCUT2D eigenvalue weighted by Crippen LogP contribution is 2.38. The van der Waals surface area contributed by atoms with Crippen LogP contribution < -0.4 is 10.2 Å². The van der Waals surface area contributed by atoms with Crippen molar-refractivity contribution in [1.82, 2.24) is 10.2 Å². The molecule has 1 N–H and O–H groups in total. The minimum absolute atomic E-state index is 0.784. The number of aromatic nitrogens is 2. The van der Waals surface area contributed by atoms with Gasteiger partial charge in [0.2, 0.25) is 0 Å². The fourth-order valence-electron chi connectivity index (χ4n) is 2.98. The highest BCUT2D eigenvalue weighted by molar-refractivity contribution is 7.81. The maximum Gasteiger partial charge on any atom is 0.111 e. The Balaban J connectivity index is 1.80. The maximum absolute atomic E-state index is 5.41. The molecule has 0 radical (unpaired) electrons. The lowest BCUT2D eigenvalue weighted by Gasteiger charge is -2.21.